The van der Waals surface area contributed by atoms with Gasteiger partial charge in [-0.15, -0.1) is 0 Å². The number of fused-ring (bicyclic) bond motifs is 1. The molecular formula is C14H23N5O3. The Labute approximate surface area is 129 Å². The predicted octanol–water partition coefficient (Wildman–Crippen LogP) is -0.407. The van der Waals surface area contributed by atoms with E-state index in [2.05, 4.69) is 15.3 Å². The van der Waals surface area contributed by atoms with Gasteiger partial charge < -0.3 is 19.9 Å². The molecule has 2 rings (SSSR count). The molecule has 1 aliphatic heterocycles. The Kier molecular flexibility index (Phi) is 5.37. The maximum absolute atomic E-state index is 12.2. The van der Waals surface area contributed by atoms with Crippen molar-refractivity contribution in [1.29, 1.82) is 0 Å². The summed E-state index contributed by atoms with van der Waals surface area (Å²) < 4.78 is 4.91. The van der Waals surface area contributed by atoms with Crippen LogP contribution in [0.4, 0.5) is 10.7 Å². The molecule has 122 valence electrons. The summed E-state index contributed by atoms with van der Waals surface area (Å²) in [5.41, 5.74) is 1.34. The van der Waals surface area contributed by atoms with E-state index in [0.717, 1.165) is 5.69 Å². The highest BCUT2D eigenvalue weighted by Crippen LogP contribution is 2.12. The van der Waals surface area contributed by atoms with Crippen molar-refractivity contribution in [2.24, 2.45) is 0 Å². The van der Waals surface area contributed by atoms with Crippen molar-refractivity contribution >= 4 is 12.0 Å². The first-order valence-corrected chi connectivity index (χ1v) is 7.34. The monoisotopic (exact) mass is 309 g/mol. The fourth-order valence-corrected chi connectivity index (χ4v) is 2.38. The normalized spacial score (nSPS) is 14.2. The topological polar surface area (TPSA) is 90.6 Å². The third-order valence-electron chi connectivity index (χ3n) is 3.63. The number of anilines is 1. The largest absolute Gasteiger partial charge is 0.383 e. The number of amides is 2. The SMILES string of the molecule is COCCNC(=O)N1CCc2nc(N(C)C)[nH]c(=O)c2CC1. The molecule has 0 saturated heterocycles. The summed E-state index contributed by atoms with van der Waals surface area (Å²) >= 11 is 0. The first kappa shape index (κ1) is 16.3. The first-order valence-electron chi connectivity index (χ1n) is 7.34. The maximum atomic E-state index is 12.2. The third kappa shape index (κ3) is 3.76. The van der Waals surface area contributed by atoms with Crippen LogP contribution in [0, 0.1) is 0 Å². The minimum absolute atomic E-state index is 0.115. The summed E-state index contributed by atoms with van der Waals surface area (Å²) in [6.45, 7) is 2.02. The number of carbonyl (C=O) groups is 1. The molecule has 8 heteroatoms. The average molecular weight is 309 g/mol. The van der Waals surface area contributed by atoms with Crippen LogP contribution in [0.25, 0.3) is 0 Å². The minimum atomic E-state index is -0.130. The van der Waals surface area contributed by atoms with E-state index >= 15 is 0 Å². The molecule has 0 aliphatic carbocycles. The van der Waals surface area contributed by atoms with Gasteiger partial charge in [-0.1, -0.05) is 0 Å². The van der Waals surface area contributed by atoms with Gasteiger partial charge in [-0.2, -0.15) is 0 Å². The van der Waals surface area contributed by atoms with E-state index in [9.17, 15) is 9.59 Å². The van der Waals surface area contributed by atoms with Gasteiger partial charge in [0.2, 0.25) is 5.95 Å². The molecule has 22 heavy (non-hydrogen) atoms. The van der Waals surface area contributed by atoms with Gasteiger partial charge in [0.05, 0.1) is 12.3 Å². The lowest BCUT2D eigenvalue weighted by Crippen LogP contribution is -2.42. The van der Waals surface area contributed by atoms with Crippen LogP contribution in [-0.2, 0) is 17.6 Å². The van der Waals surface area contributed by atoms with Crippen molar-refractivity contribution in [1.82, 2.24) is 20.2 Å². The van der Waals surface area contributed by atoms with E-state index in [4.69, 9.17) is 4.74 Å². The molecule has 0 atom stereocenters. The third-order valence-corrected chi connectivity index (χ3v) is 3.63. The van der Waals surface area contributed by atoms with Crippen LogP contribution < -0.4 is 15.8 Å². The molecule has 2 amide bonds. The number of urea groups is 1. The Morgan fingerprint density at radius 3 is 2.82 bits per heavy atom. The standard InChI is InChI=1S/C14H23N5O3/c1-18(2)13-16-11-5-8-19(14(21)15-6-9-22-3)7-4-10(11)12(20)17-13/h4-9H2,1-3H3,(H,15,21)(H,16,17,20). The van der Waals surface area contributed by atoms with Crippen molar-refractivity contribution in [2.75, 3.05) is 52.3 Å². The Morgan fingerprint density at radius 2 is 2.14 bits per heavy atom. The molecule has 0 bridgehead atoms. The van der Waals surface area contributed by atoms with E-state index in [0.29, 0.717) is 50.6 Å². The Bertz CT molecular complexity index is 584. The number of hydrogen-bond donors (Lipinski definition) is 2. The fourth-order valence-electron chi connectivity index (χ4n) is 2.38. The molecule has 1 aromatic rings. The van der Waals surface area contributed by atoms with Crippen LogP contribution in [0.1, 0.15) is 11.3 Å². The summed E-state index contributed by atoms with van der Waals surface area (Å²) in [7, 11) is 5.25. The number of aromatic nitrogens is 2. The van der Waals surface area contributed by atoms with Gasteiger partial charge >= 0.3 is 6.03 Å². The van der Waals surface area contributed by atoms with Crippen molar-refractivity contribution in [3.63, 3.8) is 0 Å². The van der Waals surface area contributed by atoms with Crippen LogP contribution in [0.15, 0.2) is 4.79 Å². The Balaban J connectivity index is 2.08. The van der Waals surface area contributed by atoms with E-state index in [-0.39, 0.29) is 11.6 Å². The number of H-pyrrole nitrogens is 1. The van der Waals surface area contributed by atoms with Gasteiger partial charge in [-0.25, -0.2) is 9.78 Å². The van der Waals surface area contributed by atoms with Crippen molar-refractivity contribution in [3.05, 3.63) is 21.6 Å². The van der Waals surface area contributed by atoms with E-state index in [1.165, 1.54) is 0 Å². The number of ether oxygens (including phenoxy) is 1. The van der Waals surface area contributed by atoms with Gasteiger partial charge in [-0.05, 0) is 6.42 Å². The summed E-state index contributed by atoms with van der Waals surface area (Å²) in [6, 6.07) is -0.130. The Hall–Kier alpha value is -2.09. The number of carbonyl (C=O) groups excluding carboxylic acids is 1. The molecule has 0 radical (unpaired) electrons. The lowest BCUT2D eigenvalue weighted by Gasteiger charge is -2.20. The molecular weight excluding hydrogens is 286 g/mol. The van der Waals surface area contributed by atoms with Crippen LogP contribution in [0.5, 0.6) is 0 Å². The molecule has 0 fully saturated rings. The molecule has 0 aromatic carbocycles. The number of nitrogens with one attached hydrogen (secondary N) is 2. The molecule has 8 nitrogen and oxygen atoms in total. The van der Waals surface area contributed by atoms with Crippen LogP contribution in [0.3, 0.4) is 0 Å². The molecule has 1 aliphatic rings. The molecule has 2 heterocycles. The molecule has 0 spiro atoms. The summed E-state index contributed by atoms with van der Waals surface area (Å²) in [4.78, 5) is 35.0. The zero-order chi connectivity index (χ0) is 16.1. The lowest BCUT2D eigenvalue weighted by molar-refractivity contribution is 0.180. The number of hydrogen-bond acceptors (Lipinski definition) is 5. The van der Waals surface area contributed by atoms with Crippen molar-refractivity contribution < 1.29 is 9.53 Å². The summed E-state index contributed by atoms with van der Waals surface area (Å²) in [5, 5.41) is 2.80. The summed E-state index contributed by atoms with van der Waals surface area (Å²) in [5.74, 6) is 0.543. The lowest BCUT2D eigenvalue weighted by atomic mass is 10.1. The number of nitrogens with zero attached hydrogens (tertiary/aromatic N) is 3. The van der Waals surface area contributed by atoms with Crippen molar-refractivity contribution in [3.8, 4) is 0 Å². The zero-order valence-corrected chi connectivity index (χ0v) is 13.3. The van der Waals surface area contributed by atoms with Crippen LogP contribution in [0.2, 0.25) is 0 Å². The maximum Gasteiger partial charge on any atom is 0.317 e. The first-order chi connectivity index (χ1) is 10.5. The molecule has 0 saturated carbocycles. The minimum Gasteiger partial charge on any atom is -0.383 e. The van der Waals surface area contributed by atoms with Gasteiger partial charge in [0, 0.05) is 52.8 Å². The van der Waals surface area contributed by atoms with E-state index in [1.807, 2.05) is 14.1 Å². The molecule has 2 N–H and O–H groups in total. The number of aromatic amines is 1. The van der Waals surface area contributed by atoms with Crippen LogP contribution >= 0.6 is 0 Å². The molecule has 0 unspecified atom stereocenters. The van der Waals surface area contributed by atoms with Gasteiger partial charge in [0.25, 0.3) is 5.56 Å². The van der Waals surface area contributed by atoms with E-state index in [1.54, 1.807) is 16.9 Å². The second-order valence-electron chi connectivity index (χ2n) is 5.42. The fraction of sp³-hybridized carbons (Fsp3) is 0.643. The second-order valence-corrected chi connectivity index (χ2v) is 5.42. The highest BCUT2D eigenvalue weighted by molar-refractivity contribution is 5.74. The quantitative estimate of drug-likeness (QED) is 0.738. The van der Waals surface area contributed by atoms with E-state index < -0.39 is 0 Å². The highest BCUT2D eigenvalue weighted by Gasteiger charge is 2.21. The smallest absolute Gasteiger partial charge is 0.317 e. The van der Waals surface area contributed by atoms with Crippen LogP contribution in [-0.4, -0.2) is 68.3 Å². The van der Waals surface area contributed by atoms with Crippen molar-refractivity contribution in [2.45, 2.75) is 12.8 Å². The van der Waals surface area contributed by atoms with Gasteiger partial charge in [0.15, 0.2) is 0 Å². The number of methoxy groups -OCH3 is 1. The number of rotatable bonds is 4. The van der Waals surface area contributed by atoms with Gasteiger partial charge in [0.1, 0.15) is 0 Å². The zero-order valence-electron chi connectivity index (χ0n) is 13.3. The predicted molar refractivity (Wildman–Crippen MR) is 83.4 cm³/mol. The Morgan fingerprint density at radius 1 is 1.41 bits per heavy atom. The average Bonchev–Trinajstić information content (AvgIpc) is 2.70. The summed E-state index contributed by atoms with van der Waals surface area (Å²) in [6.07, 6.45) is 1.10. The van der Waals surface area contributed by atoms with Gasteiger partial charge in [-0.3, -0.25) is 9.78 Å². The second kappa shape index (κ2) is 7.26. The molecule has 1 aromatic heterocycles. The highest BCUT2D eigenvalue weighted by atomic mass is 16.5.